The second-order valence-electron chi connectivity index (χ2n) is 10.3. The molecule has 43 heavy (non-hydrogen) atoms. The van der Waals surface area contributed by atoms with Gasteiger partial charge < -0.3 is 23.9 Å². The third-order valence-electron chi connectivity index (χ3n) is 6.99. The molecular weight excluding hydrogens is 548 g/mol. The van der Waals surface area contributed by atoms with Crippen molar-refractivity contribution in [2.45, 2.75) is 25.9 Å². The molecule has 9 nitrogen and oxygen atoms in total. The zero-order chi connectivity index (χ0) is 30.4. The molecule has 0 spiro atoms. The van der Waals surface area contributed by atoms with Crippen molar-refractivity contribution in [1.82, 2.24) is 0 Å². The van der Waals surface area contributed by atoms with Gasteiger partial charge in [0.2, 0.25) is 0 Å². The summed E-state index contributed by atoms with van der Waals surface area (Å²) in [5, 5.41) is 14.2. The minimum atomic E-state index is -0.574. The summed E-state index contributed by atoms with van der Waals surface area (Å²) in [5.41, 5.74) is 2.14. The smallest absolute Gasteiger partial charge is 0.291 e. The molecule has 0 saturated carbocycles. The summed E-state index contributed by atoms with van der Waals surface area (Å²) in [5.74, 6) is 1.84. The van der Waals surface area contributed by atoms with E-state index in [9.17, 15) is 14.9 Å². The Balaban J connectivity index is 1.22. The van der Waals surface area contributed by atoms with Crippen LogP contribution < -0.4 is 19.5 Å². The van der Waals surface area contributed by atoms with Crippen molar-refractivity contribution in [1.29, 1.82) is 0 Å². The Morgan fingerprint density at radius 3 is 2.14 bits per heavy atom. The van der Waals surface area contributed by atoms with Crippen LogP contribution in [-0.2, 0) is 12.0 Å². The lowest BCUT2D eigenvalue weighted by Crippen LogP contribution is -2.18. The normalized spacial score (nSPS) is 11.0. The van der Waals surface area contributed by atoms with E-state index in [0.717, 1.165) is 5.56 Å². The predicted octanol–water partition coefficient (Wildman–Crippen LogP) is 8.15. The number of hydrogen-bond donors (Lipinski definition) is 1. The first kappa shape index (κ1) is 28.9. The molecule has 0 aliphatic rings. The summed E-state index contributed by atoms with van der Waals surface area (Å²) in [7, 11) is 1.55. The van der Waals surface area contributed by atoms with E-state index < -0.39 is 10.8 Å². The molecule has 1 amide bonds. The van der Waals surface area contributed by atoms with Gasteiger partial charge in [0.25, 0.3) is 11.6 Å². The van der Waals surface area contributed by atoms with E-state index in [-0.39, 0.29) is 34.9 Å². The quantitative estimate of drug-likeness (QED) is 0.124. The van der Waals surface area contributed by atoms with Gasteiger partial charge in [-0.25, -0.2) is 0 Å². The van der Waals surface area contributed by atoms with Crippen molar-refractivity contribution in [3.8, 4) is 23.0 Å². The molecule has 4 aromatic carbocycles. The summed E-state index contributed by atoms with van der Waals surface area (Å²) in [6, 6.07) is 32.1. The van der Waals surface area contributed by atoms with Crippen LogP contribution in [0.4, 0.5) is 11.4 Å². The summed E-state index contributed by atoms with van der Waals surface area (Å²) in [6.45, 7) is 4.47. The minimum Gasteiger partial charge on any atom is -0.497 e. The zero-order valence-electron chi connectivity index (χ0n) is 23.9. The number of anilines is 1. The number of hydrogen-bond acceptors (Lipinski definition) is 7. The van der Waals surface area contributed by atoms with E-state index >= 15 is 0 Å². The van der Waals surface area contributed by atoms with Gasteiger partial charge in [0.1, 0.15) is 35.4 Å². The lowest BCUT2D eigenvalue weighted by molar-refractivity contribution is -0.384. The van der Waals surface area contributed by atoms with Crippen LogP contribution in [-0.4, -0.2) is 17.9 Å². The fourth-order valence-corrected chi connectivity index (χ4v) is 4.51. The Morgan fingerprint density at radius 2 is 1.47 bits per heavy atom. The van der Waals surface area contributed by atoms with Gasteiger partial charge in [-0.3, -0.25) is 14.9 Å². The van der Waals surface area contributed by atoms with Gasteiger partial charge in [0.05, 0.1) is 23.8 Å². The van der Waals surface area contributed by atoms with E-state index in [1.54, 1.807) is 37.4 Å². The highest BCUT2D eigenvalue weighted by molar-refractivity contribution is 6.02. The fourth-order valence-electron chi connectivity index (χ4n) is 4.51. The van der Waals surface area contributed by atoms with Crippen molar-refractivity contribution < 1.29 is 28.3 Å². The van der Waals surface area contributed by atoms with Crippen molar-refractivity contribution in [3.63, 3.8) is 0 Å². The molecule has 0 atom stereocenters. The molecule has 0 bridgehead atoms. The number of non-ortho nitro benzene ring substituents is 1. The highest BCUT2D eigenvalue weighted by Gasteiger charge is 2.23. The average Bonchev–Trinajstić information content (AvgIpc) is 3.50. The number of ether oxygens (including phenoxy) is 3. The van der Waals surface area contributed by atoms with Gasteiger partial charge in [0.15, 0.2) is 5.76 Å². The van der Waals surface area contributed by atoms with Gasteiger partial charge in [-0.15, -0.1) is 0 Å². The van der Waals surface area contributed by atoms with E-state index in [4.69, 9.17) is 18.6 Å². The largest absolute Gasteiger partial charge is 0.497 e. The van der Waals surface area contributed by atoms with Crippen LogP contribution in [0.3, 0.4) is 0 Å². The van der Waals surface area contributed by atoms with Crippen LogP contribution in [0.5, 0.6) is 23.0 Å². The van der Waals surface area contributed by atoms with Crippen LogP contribution in [0.25, 0.3) is 0 Å². The van der Waals surface area contributed by atoms with Crippen LogP contribution in [0.2, 0.25) is 0 Å². The molecule has 1 N–H and O–H groups in total. The molecular formula is C34H30N2O7. The lowest BCUT2D eigenvalue weighted by Gasteiger charge is -2.26. The monoisotopic (exact) mass is 578 g/mol. The molecule has 0 aliphatic carbocycles. The third-order valence-corrected chi connectivity index (χ3v) is 6.99. The number of nitrogens with one attached hydrogen (secondary N) is 1. The molecule has 0 radical (unpaired) electrons. The summed E-state index contributed by atoms with van der Waals surface area (Å²) in [6.07, 6.45) is 0. The number of nitro benzene ring substituents is 1. The van der Waals surface area contributed by atoms with Crippen molar-refractivity contribution in [2.24, 2.45) is 0 Å². The Kier molecular flexibility index (Phi) is 8.43. The minimum absolute atomic E-state index is 0.0303. The molecule has 5 aromatic rings. The number of methoxy groups -OCH3 is 1. The highest BCUT2D eigenvalue weighted by atomic mass is 16.6. The molecule has 5 rings (SSSR count). The first-order valence-corrected chi connectivity index (χ1v) is 13.5. The Hall–Kier alpha value is -5.57. The summed E-state index contributed by atoms with van der Waals surface area (Å²) < 4.78 is 22.5. The third kappa shape index (κ3) is 7.02. The van der Waals surface area contributed by atoms with E-state index in [1.165, 1.54) is 29.8 Å². The first-order valence-electron chi connectivity index (χ1n) is 13.5. The molecule has 0 saturated heterocycles. The Bertz CT molecular complexity index is 1710. The molecule has 0 unspecified atom stereocenters. The molecule has 1 heterocycles. The highest BCUT2D eigenvalue weighted by Crippen LogP contribution is 2.33. The second kappa shape index (κ2) is 12.5. The number of furan rings is 1. The number of benzene rings is 4. The number of nitro groups is 1. The van der Waals surface area contributed by atoms with Crippen LogP contribution >= 0.6 is 0 Å². The fraction of sp³-hybridized carbons (Fsp3) is 0.147. The Labute approximate surface area is 248 Å². The van der Waals surface area contributed by atoms with Crippen molar-refractivity contribution >= 4 is 17.3 Å². The van der Waals surface area contributed by atoms with E-state index in [1.807, 2.05) is 42.5 Å². The van der Waals surface area contributed by atoms with Crippen LogP contribution in [0.15, 0.2) is 114 Å². The predicted molar refractivity (Wildman–Crippen MR) is 162 cm³/mol. The average molecular weight is 579 g/mol. The van der Waals surface area contributed by atoms with Gasteiger partial charge in [-0.2, -0.15) is 0 Å². The maximum absolute atomic E-state index is 12.9. The number of nitrogens with zero attached hydrogens (tertiary/aromatic N) is 1. The molecule has 1 aromatic heterocycles. The van der Waals surface area contributed by atoms with Gasteiger partial charge in [-0.05, 0) is 59.7 Å². The van der Waals surface area contributed by atoms with Gasteiger partial charge in [-0.1, -0.05) is 56.3 Å². The molecule has 0 fully saturated rings. The van der Waals surface area contributed by atoms with Crippen molar-refractivity contribution in [3.05, 3.63) is 142 Å². The standard InChI is InChI=1S/C34H30N2O7/c1-34(2,23-7-5-4-6-8-23)24-9-11-28(12-10-24)41-22-30-17-18-32(43-30)33(37)35-25-19-26(36(38)39)21-31(20-25)42-29-15-13-27(40-3)14-16-29/h4-21H,22H2,1-3H3,(H,35,37). The maximum atomic E-state index is 12.9. The Morgan fingerprint density at radius 1 is 0.814 bits per heavy atom. The number of amides is 1. The topological polar surface area (TPSA) is 113 Å². The molecule has 218 valence electrons. The van der Waals surface area contributed by atoms with Gasteiger partial charge in [0, 0.05) is 17.5 Å². The molecule has 9 heteroatoms. The second-order valence-corrected chi connectivity index (χ2v) is 10.3. The zero-order valence-corrected chi connectivity index (χ0v) is 23.9. The maximum Gasteiger partial charge on any atom is 0.291 e. The summed E-state index contributed by atoms with van der Waals surface area (Å²) >= 11 is 0. The number of carbonyl (C=O) groups excluding carboxylic acids is 1. The van der Waals surface area contributed by atoms with Crippen LogP contribution in [0, 0.1) is 10.1 Å². The number of rotatable bonds is 11. The van der Waals surface area contributed by atoms with E-state index in [0.29, 0.717) is 23.0 Å². The van der Waals surface area contributed by atoms with Gasteiger partial charge >= 0.3 is 0 Å². The summed E-state index contributed by atoms with van der Waals surface area (Å²) in [4.78, 5) is 23.8. The van der Waals surface area contributed by atoms with Crippen molar-refractivity contribution in [2.75, 3.05) is 12.4 Å². The SMILES string of the molecule is COc1ccc(Oc2cc(NC(=O)c3ccc(COc4ccc(C(C)(C)c5ccccc5)cc4)o3)cc([N+](=O)[O-])c2)cc1. The molecule has 0 aliphatic heterocycles. The van der Waals surface area contributed by atoms with Crippen LogP contribution in [0.1, 0.15) is 41.3 Å². The first-order chi connectivity index (χ1) is 20.7. The number of carbonyl (C=O) groups is 1. The van der Waals surface area contributed by atoms with E-state index in [2.05, 4.69) is 31.3 Å². The lowest BCUT2D eigenvalue weighted by atomic mass is 9.78.